The highest BCUT2D eigenvalue weighted by molar-refractivity contribution is 5.73. The summed E-state index contributed by atoms with van der Waals surface area (Å²) < 4.78 is 0. The number of nitrogens with zero attached hydrogens (tertiary/aromatic N) is 1. The molecule has 0 atom stereocenters. The van der Waals surface area contributed by atoms with Crippen LogP contribution in [0.15, 0.2) is 53.2 Å². The van der Waals surface area contributed by atoms with E-state index in [-0.39, 0.29) is 6.61 Å². The van der Waals surface area contributed by atoms with E-state index < -0.39 is 0 Å². The van der Waals surface area contributed by atoms with Gasteiger partial charge in [0, 0.05) is 12.6 Å². The molecule has 0 aliphatic carbocycles. The van der Waals surface area contributed by atoms with Gasteiger partial charge < -0.3 is 10.2 Å². The fourth-order valence-corrected chi connectivity index (χ4v) is 1.62. The van der Waals surface area contributed by atoms with Gasteiger partial charge in [0.1, 0.15) is 0 Å². The van der Waals surface area contributed by atoms with Crippen molar-refractivity contribution in [1.29, 1.82) is 0 Å². The van der Waals surface area contributed by atoms with Crippen LogP contribution in [0.2, 0.25) is 0 Å². The Balaban J connectivity index is 2.54. The zero-order chi connectivity index (χ0) is 13.9. The normalized spacial score (nSPS) is 13.2. The Morgan fingerprint density at radius 2 is 2.00 bits per heavy atom. The van der Waals surface area contributed by atoms with Crippen molar-refractivity contribution in [2.24, 2.45) is 4.99 Å². The molecule has 0 saturated heterocycles. The van der Waals surface area contributed by atoms with Gasteiger partial charge in [0.05, 0.1) is 18.1 Å². The average molecular weight is 259 g/mol. The van der Waals surface area contributed by atoms with Crippen molar-refractivity contribution in [2.75, 3.05) is 6.61 Å². The molecule has 0 aliphatic heterocycles. The molecule has 2 N–H and O–H groups in total. The zero-order valence-electron chi connectivity index (χ0n) is 11.3. The van der Waals surface area contributed by atoms with Crippen LogP contribution in [0, 0.1) is 0 Å². The van der Waals surface area contributed by atoms with Crippen molar-refractivity contribution in [3.63, 3.8) is 0 Å². The second kappa shape index (κ2) is 9.11. The van der Waals surface area contributed by atoms with Crippen molar-refractivity contribution in [3.05, 3.63) is 53.8 Å². The second-order valence-corrected chi connectivity index (χ2v) is 4.12. The third-order valence-electron chi connectivity index (χ3n) is 2.68. The van der Waals surface area contributed by atoms with Crippen molar-refractivity contribution < 1.29 is 10.2 Å². The molecule has 102 valence electrons. The van der Waals surface area contributed by atoms with Crippen molar-refractivity contribution in [3.8, 4) is 0 Å². The van der Waals surface area contributed by atoms with Crippen LogP contribution in [0.1, 0.15) is 31.7 Å². The maximum atomic E-state index is 9.30. The van der Waals surface area contributed by atoms with Gasteiger partial charge in [0.2, 0.25) is 0 Å². The summed E-state index contributed by atoms with van der Waals surface area (Å²) >= 11 is 0. The van der Waals surface area contributed by atoms with Gasteiger partial charge in [-0.25, -0.2) is 0 Å². The topological polar surface area (TPSA) is 52.8 Å². The molecule has 0 saturated carbocycles. The number of aliphatic hydroxyl groups excluding tert-OH is 2. The van der Waals surface area contributed by atoms with Gasteiger partial charge in [-0.3, -0.25) is 4.99 Å². The Labute approximate surface area is 114 Å². The quantitative estimate of drug-likeness (QED) is 0.445. The van der Waals surface area contributed by atoms with Crippen molar-refractivity contribution in [2.45, 2.75) is 26.2 Å². The van der Waals surface area contributed by atoms with Crippen LogP contribution in [0.25, 0.3) is 5.70 Å². The molecule has 1 rings (SSSR count). The van der Waals surface area contributed by atoms with Crippen molar-refractivity contribution in [1.82, 2.24) is 0 Å². The lowest BCUT2D eigenvalue weighted by Gasteiger charge is -2.01. The second-order valence-electron chi connectivity index (χ2n) is 4.12. The molecular weight excluding hydrogens is 238 g/mol. The van der Waals surface area contributed by atoms with E-state index in [9.17, 15) is 5.11 Å². The summed E-state index contributed by atoms with van der Waals surface area (Å²) in [5.41, 5.74) is 1.77. The number of unbranched alkanes of at least 4 members (excludes halogenated alkanes) is 1. The molecular formula is C16H21NO2. The number of benzene rings is 1. The summed E-state index contributed by atoms with van der Waals surface area (Å²) in [6, 6.07) is 9.76. The minimum absolute atomic E-state index is 0.0269. The predicted molar refractivity (Wildman–Crippen MR) is 80.2 cm³/mol. The highest BCUT2D eigenvalue weighted by Gasteiger charge is 1.97. The van der Waals surface area contributed by atoms with E-state index in [4.69, 9.17) is 5.11 Å². The molecule has 0 fully saturated rings. The monoisotopic (exact) mass is 259 g/mol. The van der Waals surface area contributed by atoms with E-state index in [1.807, 2.05) is 43.5 Å². The molecule has 0 radical (unpaired) electrons. The van der Waals surface area contributed by atoms with Gasteiger partial charge >= 0.3 is 0 Å². The van der Waals surface area contributed by atoms with E-state index in [0.29, 0.717) is 12.2 Å². The van der Waals surface area contributed by atoms with Crippen LogP contribution in [-0.4, -0.2) is 23.0 Å². The van der Waals surface area contributed by atoms with Crippen LogP contribution in [0.5, 0.6) is 0 Å². The lowest BCUT2D eigenvalue weighted by Crippen LogP contribution is -1.87. The minimum Gasteiger partial charge on any atom is -0.513 e. The van der Waals surface area contributed by atoms with Crippen LogP contribution in [0.4, 0.5) is 0 Å². The van der Waals surface area contributed by atoms with Gasteiger partial charge in [-0.15, -0.1) is 0 Å². The summed E-state index contributed by atoms with van der Waals surface area (Å²) in [4.78, 5) is 4.38. The maximum Gasteiger partial charge on any atom is 0.0880 e. The molecule has 0 spiro atoms. The average Bonchev–Trinajstić information content (AvgIpc) is 2.46. The molecule has 0 aromatic heterocycles. The molecule has 3 nitrogen and oxygen atoms in total. The summed E-state index contributed by atoms with van der Waals surface area (Å²) in [7, 11) is 0. The standard InChI is InChI=1S/C16H21NO2/c1-2-15(19)10-6-7-12-17-16(11-13-18)14-8-4-3-5-9-14/h2-5,8-9,11-12,18-19H,6-7,10,13H2,1H3/b15-2+,16-11-,17-12?. The van der Waals surface area contributed by atoms with Gasteiger partial charge in [0.25, 0.3) is 0 Å². The summed E-state index contributed by atoms with van der Waals surface area (Å²) in [6.07, 6.45) is 7.56. The Morgan fingerprint density at radius 1 is 1.26 bits per heavy atom. The molecule has 19 heavy (non-hydrogen) atoms. The van der Waals surface area contributed by atoms with Crippen LogP contribution in [-0.2, 0) is 0 Å². The molecule has 0 unspecified atom stereocenters. The van der Waals surface area contributed by atoms with E-state index in [1.54, 1.807) is 12.2 Å². The lowest BCUT2D eigenvalue weighted by atomic mass is 10.1. The first-order chi connectivity index (χ1) is 9.27. The first-order valence-corrected chi connectivity index (χ1v) is 6.51. The third kappa shape index (κ3) is 6.02. The van der Waals surface area contributed by atoms with E-state index >= 15 is 0 Å². The number of hydrogen-bond acceptors (Lipinski definition) is 3. The lowest BCUT2D eigenvalue weighted by molar-refractivity contribution is 0.343. The summed E-state index contributed by atoms with van der Waals surface area (Å²) in [5, 5.41) is 18.3. The smallest absolute Gasteiger partial charge is 0.0880 e. The molecule has 3 heteroatoms. The summed E-state index contributed by atoms with van der Waals surface area (Å²) in [5.74, 6) is 0.419. The zero-order valence-corrected chi connectivity index (χ0v) is 11.3. The van der Waals surface area contributed by atoms with Crippen LogP contribution >= 0.6 is 0 Å². The van der Waals surface area contributed by atoms with E-state index in [1.165, 1.54) is 0 Å². The number of aliphatic imine (C=N–C) groups is 1. The van der Waals surface area contributed by atoms with E-state index in [2.05, 4.69) is 4.99 Å². The first-order valence-electron chi connectivity index (χ1n) is 6.51. The highest BCUT2D eigenvalue weighted by atomic mass is 16.3. The van der Waals surface area contributed by atoms with Gasteiger partial charge in [-0.05, 0) is 37.5 Å². The van der Waals surface area contributed by atoms with Gasteiger partial charge in [-0.1, -0.05) is 30.3 Å². The van der Waals surface area contributed by atoms with E-state index in [0.717, 1.165) is 24.1 Å². The molecule has 0 amide bonds. The fourth-order valence-electron chi connectivity index (χ4n) is 1.62. The molecule has 1 aromatic rings. The minimum atomic E-state index is -0.0269. The molecule has 0 bridgehead atoms. The highest BCUT2D eigenvalue weighted by Crippen LogP contribution is 2.15. The largest absolute Gasteiger partial charge is 0.513 e. The SMILES string of the molecule is C/C=C(/O)CCCC=N/C(=C\CO)c1ccccc1. The van der Waals surface area contributed by atoms with Gasteiger partial charge in [-0.2, -0.15) is 0 Å². The first kappa shape index (κ1) is 15.2. The fraction of sp³-hybridized carbons (Fsp3) is 0.312. The number of aliphatic hydroxyl groups is 2. The van der Waals surface area contributed by atoms with Crippen molar-refractivity contribution >= 4 is 11.9 Å². The van der Waals surface area contributed by atoms with Gasteiger partial charge in [0.15, 0.2) is 0 Å². The Bertz CT molecular complexity index is 447. The number of hydrogen-bond donors (Lipinski definition) is 2. The number of allylic oxidation sites excluding steroid dienone is 2. The predicted octanol–water partition coefficient (Wildman–Crippen LogP) is 3.72. The summed E-state index contributed by atoms with van der Waals surface area (Å²) in [6.45, 7) is 1.79. The Hall–Kier alpha value is -1.87. The van der Waals surface area contributed by atoms with Crippen LogP contribution < -0.4 is 0 Å². The maximum absolute atomic E-state index is 9.30. The third-order valence-corrected chi connectivity index (χ3v) is 2.68. The van der Waals surface area contributed by atoms with Crippen LogP contribution in [0.3, 0.4) is 0 Å². The molecule has 0 aliphatic rings. The Kier molecular flexibility index (Phi) is 7.28. The molecule has 0 heterocycles. The molecule has 1 aromatic carbocycles. The Morgan fingerprint density at radius 3 is 2.63 bits per heavy atom. The number of rotatable bonds is 7.